The van der Waals surface area contributed by atoms with Crippen LogP contribution in [0.3, 0.4) is 0 Å². The molecule has 2 heterocycles. The van der Waals surface area contributed by atoms with Crippen molar-refractivity contribution in [3.8, 4) is 0 Å². The number of aromatic nitrogens is 3. The van der Waals surface area contributed by atoms with Crippen LogP contribution in [0.25, 0.3) is 0 Å². The van der Waals surface area contributed by atoms with Gasteiger partial charge in [0.05, 0.1) is 6.54 Å². The van der Waals surface area contributed by atoms with Crippen molar-refractivity contribution in [3.63, 3.8) is 0 Å². The maximum atomic E-state index is 5.55. The number of hydrogen-bond donors (Lipinski definition) is 2. The van der Waals surface area contributed by atoms with Crippen molar-refractivity contribution < 1.29 is 4.42 Å². The van der Waals surface area contributed by atoms with E-state index in [1.165, 1.54) is 0 Å². The van der Waals surface area contributed by atoms with E-state index in [1.807, 2.05) is 45.1 Å². The molecule has 0 spiro atoms. The summed E-state index contributed by atoms with van der Waals surface area (Å²) in [6.45, 7) is 2.47. The monoisotopic (exact) mass is 277 g/mol. The summed E-state index contributed by atoms with van der Waals surface area (Å²) in [5.41, 5.74) is 2.45. The molecule has 108 valence electrons. The molecule has 0 aromatic carbocycles. The lowest BCUT2D eigenvalue weighted by Gasteiger charge is -2.18. The van der Waals surface area contributed by atoms with Gasteiger partial charge in [-0.1, -0.05) is 0 Å². The van der Waals surface area contributed by atoms with E-state index in [0.29, 0.717) is 24.4 Å². The topological polar surface area (TPSA) is 96.3 Å². The van der Waals surface area contributed by atoms with Crippen LogP contribution in [0.15, 0.2) is 16.5 Å². The Hall–Kier alpha value is -2.35. The highest BCUT2D eigenvalue weighted by Gasteiger charge is 2.12. The lowest BCUT2D eigenvalue weighted by Crippen LogP contribution is -2.23. The zero-order valence-corrected chi connectivity index (χ0v) is 12.1. The first kappa shape index (κ1) is 14.1. The standard InChI is InChI=1S/C12H19N7O/c1-8-5-6-9(20-8)7-19(4)12-15-10(17-13)14-11(16-12)18(2)3/h5-6H,7,13H2,1-4H3,(H,14,15,16,17). The highest BCUT2D eigenvalue weighted by molar-refractivity contribution is 5.43. The Bertz CT molecular complexity index is 581. The number of anilines is 3. The van der Waals surface area contributed by atoms with Crippen LogP contribution in [0.2, 0.25) is 0 Å². The molecule has 0 amide bonds. The number of hydrogen-bond acceptors (Lipinski definition) is 8. The molecule has 0 aliphatic rings. The van der Waals surface area contributed by atoms with Crippen molar-refractivity contribution in [2.45, 2.75) is 13.5 Å². The van der Waals surface area contributed by atoms with Gasteiger partial charge in [0.25, 0.3) is 0 Å². The largest absolute Gasteiger partial charge is 0.464 e. The van der Waals surface area contributed by atoms with Crippen molar-refractivity contribution in [1.29, 1.82) is 0 Å². The molecule has 0 aliphatic heterocycles. The van der Waals surface area contributed by atoms with Gasteiger partial charge in [0.15, 0.2) is 0 Å². The van der Waals surface area contributed by atoms with Gasteiger partial charge in [-0.05, 0) is 19.1 Å². The SMILES string of the molecule is Cc1ccc(CN(C)c2nc(NN)nc(N(C)C)n2)o1. The zero-order chi connectivity index (χ0) is 14.7. The number of furan rings is 1. The van der Waals surface area contributed by atoms with Crippen LogP contribution in [0.1, 0.15) is 11.5 Å². The first-order valence-electron chi connectivity index (χ1n) is 6.16. The summed E-state index contributed by atoms with van der Waals surface area (Å²) in [4.78, 5) is 16.4. The number of nitrogens with two attached hydrogens (primary N) is 1. The molecule has 0 saturated heterocycles. The van der Waals surface area contributed by atoms with Crippen LogP contribution >= 0.6 is 0 Å². The lowest BCUT2D eigenvalue weighted by atomic mass is 10.4. The molecule has 3 N–H and O–H groups in total. The Labute approximate surface area is 117 Å². The minimum atomic E-state index is 0.321. The number of nitrogens with zero attached hydrogens (tertiary/aromatic N) is 5. The molecule has 0 unspecified atom stereocenters. The summed E-state index contributed by atoms with van der Waals surface area (Å²) in [7, 11) is 5.59. The second-order valence-electron chi connectivity index (χ2n) is 4.67. The predicted octanol–water partition coefficient (Wildman–Crippen LogP) is 0.761. The summed E-state index contributed by atoms with van der Waals surface area (Å²) in [6, 6.07) is 3.86. The van der Waals surface area contributed by atoms with Crippen molar-refractivity contribution in [1.82, 2.24) is 15.0 Å². The van der Waals surface area contributed by atoms with Crippen molar-refractivity contribution in [2.75, 3.05) is 36.4 Å². The smallest absolute Gasteiger partial charge is 0.243 e. The fourth-order valence-corrected chi connectivity index (χ4v) is 1.66. The van der Waals surface area contributed by atoms with E-state index in [9.17, 15) is 0 Å². The Morgan fingerprint density at radius 1 is 1.15 bits per heavy atom. The second-order valence-corrected chi connectivity index (χ2v) is 4.67. The fourth-order valence-electron chi connectivity index (χ4n) is 1.66. The summed E-state index contributed by atoms with van der Waals surface area (Å²) in [5, 5.41) is 0. The molecule has 0 aliphatic carbocycles. The number of nitrogens with one attached hydrogen (secondary N) is 1. The second kappa shape index (κ2) is 5.74. The maximum absolute atomic E-state index is 5.55. The normalized spacial score (nSPS) is 10.4. The van der Waals surface area contributed by atoms with E-state index >= 15 is 0 Å². The van der Waals surface area contributed by atoms with Crippen LogP contribution in [-0.2, 0) is 6.54 Å². The molecular formula is C12H19N7O. The van der Waals surface area contributed by atoms with E-state index in [2.05, 4.69) is 20.4 Å². The van der Waals surface area contributed by atoms with Crippen molar-refractivity contribution in [3.05, 3.63) is 23.7 Å². The van der Waals surface area contributed by atoms with Crippen LogP contribution in [0, 0.1) is 6.92 Å². The Morgan fingerprint density at radius 2 is 1.85 bits per heavy atom. The Kier molecular flexibility index (Phi) is 4.04. The lowest BCUT2D eigenvalue weighted by molar-refractivity contribution is 0.480. The number of rotatable bonds is 5. The van der Waals surface area contributed by atoms with Crippen LogP contribution in [-0.4, -0.2) is 36.1 Å². The molecule has 2 aromatic heterocycles. The van der Waals surface area contributed by atoms with Gasteiger partial charge in [-0.3, -0.25) is 5.43 Å². The van der Waals surface area contributed by atoms with Crippen molar-refractivity contribution in [2.24, 2.45) is 5.84 Å². The summed E-state index contributed by atoms with van der Waals surface area (Å²) in [6.07, 6.45) is 0. The van der Waals surface area contributed by atoms with Gasteiger partial charge in [-0.15, -0.1) is 0 Å². The van der Waals surface area contributed by atoms with Crippen LogP contribution in [0.5, 0.6) is 0 Å². The molecule has 20 heavy (non-hydrogen) atoms. The molecule has 8 nitrogen and oxygen atoms in total. The third-order valence-electron chi connectivity index (χ3n) is 2.67. The molecule has 0 saturated carbocycles. The number of nitrogen functional groups attached to an aromatic ring is 1. The van der Waals surface area contributed by atoms with Crippen LogP contribution < -0.4 is 21.1 Å². The van der Waals surface area contributed by atoms with Gasteiger partial charge < -0.3 is 14.2 Å². The Balaban J connectivity index is 2.24. The first-order chi connectivity index (χ1) is 9.49. The molecule has 0 fully saturated rings. The average Bonchev–Trinajstić information content (AvgIpc) is 2.83. The van der Waals surface area contributed by atoms with Gasteiger partial charge >= 0.3 is 0 Å². The van der Waals surface area contributed by atoms with Crippen LogP contribution in [0.4, 0.5) is 17.8 Å². The molecule has 0 radical (unpaired) electrons. The maximum Gasteiger partial charge on any atom is 0.243 e. The Morgan fingerprint density at radius 3 is 2.40 bits per heavy atom. The first-order valence-corrected chi connectivity index (χ1v) is 6.16. The quantitative estimate of drug-likeness (QED) is 0.611. The average molecular weight is 277 g/mol. The van der Waals surface area contributed by atoms with E-state index in [4.69, 9.17) is 10.3 Å². The molecule has 0 atom stereocenters. The predicted molar refractivity (Wildman–Crippen MR) is 77.5 cm³/mol. The fraction of sp³-hybridized carbons (Fsp3) is 0.417. The highest BCUT2D eigenvalue weighted by Crippen LogP contribution is 2.16. The third-order valence-corrected chi connectivity index (χ3v) is 2.67. The summed E-state index contributed by atoms with van der Waals surface area (Å²) < 4.78 is 5.55. The molecular weight excluding hydrogens is 258 g/mol. The zero-order valence-electron chi connectivity index (χ0n) is 12.1. The van der Waals surface area contributed by atoms with E-state index in [0.717, 1.165) is 11.5 Å². The van der Waals surface area contributed by atoms with Gasteiger partial charge in [-0.25, -0.2) is 5.84 Å². The van der Waals surface area contributed by atoms with Gasteiger partial charge in [0, 0.05) is 21.1 Å². The van der Waals surface area contributed by atoms with Gasteiger partial charge in [0.2, 0.25) is 17.8 Å². The molecule has 2 rings (SSSR count). The number of aryl methyl sites for hydroxylation is 1. The summed E-state index contributed by atoms with van der Waals surface area (Å²) in [5.74, 6) is 8.48. The van der Waals surface area contributed by atoms with E-state index < -0.39 is 0 Å². The number of hydrazine groups is 1. The molecule has 2 aromatic rings. The minimum absolute atomic E-state index is 0.321. The third kappa shape index (κ3) is 3.15. The van der Waals surface area contributed by atoms with Gasteiger partial charge in [-0.2, -0.15) is 15.0 Å². The molecule has 0 bridgehead atoms. The minimum Gasteiger partial charge on any atom is -0.464 e. The van der Waals surface area contributed by atoms with Gasteiger partial charge in [0.1, 0.15) is 11.5 Å². The highest BCUT2D eigenvalue weighted by atomic mass is 16.3. The van der Waals surface area contributed by atoms with Crippen molar-refractivity contribution >= 4 is 17.8 Å². The molecule has 8 heteroatoms. The van der Waals surface area contributed by atoms with E-state index in [-0.39, 0.29) is 0 Å². The van der Waals surface area contributed by atoms with E-state index in [1.54, 1.807) is 4.90 Å². The summed E-state index contributed by atoms with van der Waals surface area (Å²) >= 11 is 0.